The van der Waals surface area contributed by atoms with Gasteiger partial charge < -0.3 is 10.4 Å². The van der Waals surface area contributed by atoms with Gasteiger partial charge in [-0.15, -0.1) is 0 Å². The lowest BCUT2D eigenvalue weighted by molar-refractivity contribution is -0.143. The summed E-state index contributed by atoms with van der Waals surface area (Å²) in [6.45, 7) is -0.360. The van der Waals surface area contributed by atoms with Crippen LogP contribution < -0.4 is 5.32 Å². The molecule has 0 unspecified atom stereocenters. The van der Waals surface area contributed by atoms with Crippen molar-refractivity contribution in [1.29, 1.82) is 0 Å². The fourth-order valence-electron chi connectivity index (χ4n) is 4.64. The van der Waals surface area contributed by atoms with Crippen LogP contribution in [0.4, 0.5) is 5.69 Å². The molecule has 0 spiro atoms. The molecule has 1 saturated heterocycles. The number of aromatic carboxylic acids is 1. The average Bonchev–Trinajstić information content (AvgIpc) is 3.22. The number of halogens is 2. The Morgan fingerprint density at radius 1 is 1.11 bits per heavy atom. The number of carboxylic acid groups (broad SMARTS) is 1. The number of carbonyl (C=O) groups excluding carboxylic acids is 3. The minimum atomic E-state index is -1.10. The number of fused-ring (bicyclic) bond motifs is 5. The van der Waals surface area contributed by atoms with Crippen molar-refractivity contribution in [2.75, 3.05) is 11.9 Å². The first kappa shape index (κ1) is 18.6. The Morgan fingerprint density at radius 3 is 2.26 bits per heavy atom. The number of nitrogens with one attached hydrogen (secondary N) is 1. The van der Waals surface area contributed by atoms with Crippen LogP contribution in [0.5, 0.6) is 0 Å². The van der Waals surface area contributed by atoms with Crippen LogP contribution in [0.15, 0.2) is 24.3 Å². The van der Waals surface area contributed by atoms with Crippen LogP contribution in [0.3, 0.4) is 0 Å². The van der Waals surface area contributed by atoms with E-state index in [1.165, 1.54) is 18.2 Å². The van der Waals surface area contributed by atoms with E-state index in [4.69, 9.17) is 5.11 Å². The van der Waals surface area contributed by atoms with Gasteiger partial charge in [-0.25, -0.2) is 4.79 Å². The summed E-state index contributed by atoms with van der Waals surface area (Å²) in [6, 6.07) is 5.81. The number of rotatable bonds is 4. The molecule has 27 heavy (non-hydrogen) atoms. The van der Waals surface area contributed by atoms with E-state index in [1.54, 1.807) is 6.07 Å². The molecule has 6 atom stereocenters. The number of carbonyl (C=O) groups is 4. The second-order valence-electron chi connectivity index (χ2n) is 7.20. The molecule has 0 aromatic heterocycles. The van der Waals surface area contributed by atoms with E-state index in [9.17, 15) is 19.2 Å². The Hall–Kier alpha value is -1.74. The molecule has 0 radical (unpaired) electrons. The molecule has 142 valence electrons. The molecule has 9 heteroatoms. The molecular formula is C18H16Br2N2O5. The smallest absolute Gasteiger partial charge is 0.335 e. The zero-order chi connectivity index (χ0) is 19.5. The Morgan fingerprint density at radius 2 is 1.70 bits per heavy atom. The van der Waals surface area contributed by atoms with Gasteiger partial charge in [-0.2, -0.15) is 0 Å². The van der Waals surface area contributed by atoms with Gasteiger partial charge in [0.1, 0.15) is 6.54 Å². The molecule has 2 aliphatic carbocycles. The number of nitrogens with zero attached hydrogens (tertiary/aromatic N) is 1. The van der Waals surface area contributed by atoms with Gasteiger partial charge in [0.2, 0.25) is 17.7 Å². The molecule has 2 bridgehead atoms. The van der Waals surface area contributed by atoms with Gasteiger partial charge in [-0.3, -0.25) is 19.3 Å². The molecule has 3 amide bonds. The van der Waals surface area contributed by atoms with Crippen LogP contribution in [-0.2, 0) is 14.4 Å². The van der Waals surface area contributed by atoms with E-state index in [1.807, 2.05) is 0 Å². The molecule has 3 aliphatic rings. The van der Waals surface area contributed by atoms with Crippen LogP contribution in [0, 0.1) is 23.7 Å². The van der Waals surface area contributed by atoms with E-state index in [0.29, 0.717) is 5.69 Å². The molecule has 2 N–H and O–H groups in total. The van der Waals surface area contributed by atoms with Gasteiger partial charge in [-0.05, 0) is 36.5 Å². The predicted molar refractivity (Wildman–Crippen MR) is 103 cm³/mol. The molecule has 1 aromatic rings. The first-order valence-corrected chi connectivity index (χ1v) is 10.4. The zero-order valence-electron chi connectivity index (χ0n) is 14.0. The molecule has 7 nitrogen and oxygen atoms in total. The number of amides is 3. The molecular weight excluding hydrogens is 484 g/mol. The first-order chi connectivity index (χ1) is 12.8. The normalized spacial score (nSPS) is 34.1. The summed E-state index contributed by atoms with van der Waals surface area (Å²) in [5, 5.41) is 11.6. The molecule has 1 aliphatic heterocycles. The van der Waals surface area contributed by atoms with Crippen molar-refractivity contribution < 1.29 is 24.3 Å². The summed E-state index contributed by atoms with van der Waals surface area (Å²) in [7, 11) is 0. The SMILES string of the molecule is O=C(CN1C(=O)[C@@H]2[C@H]3C[C@@H]([C@H](Br)[C@H]3Br)[C@@H]2C1=O)Nc1cccc(C(=O)O)c1. The molecule has 4 rings (SSSR count). The number of anilines is 1. The van der Waals surface area contributed by atoms with Crippen molar-refractivity contribution >= 4 is 61.2 Å². The second kappa shape index (κ2) is 6.70. The maximum Gasteiger partial charge on any atom is 0.335 e. The van der Waals surface area contributed by atoms with Crippen LogP contribution in [0.2, 0.25) is 0 Å². The second-order valence-corrected chi connectivity index (χ2v) is 9.32. The minimum Gasteiger partial charge on any atom is -0.478 e. The van der Waals surface area contributed by atoms with Crippen molar-refractivity contribution in [3.8, 4) is 0 Å². The summed E-state index contributed by atoms with van der Waals surface area (Å²) in [5.41, 5.74) is 0.347. The summed E-state index contributed by atoms with van der Waals surface area (Å²) < 4.78 is 0. The van der Waals surface area contributed by atoms with E-state index in [2.05, 4.69) is 37.2 Å². The van der Waals surface area contributed by atoms with E-state index in [0.717, 1.165) is 11.3 Å². The third-order valence-electron chi connectivity index (χ3n) is 5.77. The highest BCUT2D eigenvalue weighted by atomic mass is 79.9. The number of imide groups is 1. The standard InChI is InChI=1S/C18H16Br2N2O5/c19-14-9-5-10(15(14)20)13-12(9)16(24)22(17(13)25)6-11(23)21-8-3-1-2-7(4-8)18(26)27/h1-4,9-10,12-15H,5-6H2,(H,21,23)(H,26,27)/t9-,10-,12-,13+,14+,15+/m1/s1. The minimum absolute atomic E-state index is 0.0407. The van der Waals surface area contributed by atoms with E-state index in [-0.39, 0.29) is 57.2 Å². The van der Waals surface area contributed by atoms with Gasteiger partial charge >= 0.3 is 5.97 Å². The first-order valence-electron chi connectivity index (χ1n) is 8.56. The third-order valence-corrected chi connectivity index (χ3v) is 8.98. The highest BCUT2D eigenvalue weighted by Crippen LogP contribution is 2.60. The number of alkyl halides is 2. The summed E-state index contributed by atoms with van der Waals surface area (Å²) in [4.78, 5) is 50.3. The predicted octanol–water partition coefficient (Wildman–Crippen LogP) is 2.10. The van der Waals surface area contributed by atoms with Gasteiger partial charge in [0.25, 0.3) is 0 Å². The molecule has 1 aromatic carbocycles. The monoisotopic (exact) mass is 498 g/mol. The number of hydrogen-bond acceptors (Lipinski definition) is 4. The third kappa shape index (κ3) is 2.91. The number of hydrogen-bond donors (Lipinski definition) is 2. The molecule has 3 fully saturated rings. The van der Waals surface area contributed by atoms with Crippen molar-refractivity contribution in [1.82, 2.24) is 4.90 Å². The topological polar surface area (TPSA) is 104 Å². The molecule has 1 heterocycles. The van der Waals surface area contributed by atoms with Crippen LogP contribution in [-0.4, -0.2) is 49.9 Å². The van der Waals surface area contributed by atoms with E-state index < -0.39 is 11.9 Å². The van der Waals surface area contributed by atoms with Crippen LogP contribution >= 0.6 is 31.9 Å². The number of benzene rings is 1. The summed E-state index contributed by atoms with van der Waals surface area (Å²) >= 11 is 7.24. The fraction of sp³-hybridized carbons (Fsp3) is 0.444. The number of carboxylic acids is 1. The van der Waals surface area contributed by atoms with Crippen molar-refractivity contribution in [2.45, 2.75) is 16.1 Å². The Balaban J connectivity index is 1.47. The highest BCUT2D eigenvalue weighted by Gasteiger charge is 2.66. The molecule has 2 saturated carbocycles. The fourth-order valence-corrected chi connectivity index (χ4v) is 6.51. The number of likely N-dealkylation sites (tertiary alicyclic amines) is 1. The van der Waals surface area contributed by atoms with Crippen molar-refractivity contribution in [2.24, 2.45) is 23.7 Å². The summed E-state index contributed by atoms with van der Waals surface area (Å²) in [5.74, 6) is -2.72. The van der Waals surface area contributed by atoms with Gasteiger partial charge in [0, 0.05) is 15.3 Å². The van der Waals surface area contributed by atoms with Crippen molar-refractivity contribution in [3.63, 3.8) is 0 Å². The Bertz CT molecular complexity index is 828. The lowest BCUT2D eigenvalue weighted by Gasteiger charge is -2.28. The van der Waals surface area contributed by atoms with Gasteiger partial charge in [0.05, 0.1) is 17.4 Å². The average molecular weight is 500 g/mol. The van der Waals surface area contributed by atoms with Crippen LogP contribution in [0.25, 0.3) is 0 Å². The lowest BCUT2D eigenvalue weighted by Crippen LogP contribution is -2.39. The van der Waals surface area contributed by atoms with Gasteiger partial charge in [-0.1, -0.05) is 37.9 Å². The van der Waals surface area contributed by atoms with E-state index >= 15 is 0 Å². The maximum atomic E-state index is 12.8. The van der Waals surface area contributed by atoms with Crippen LogP contribution in [0.1, 0.15) is 16.8 Å². The quantitative estimate of drug-likeness (QED) is 0.487. The Kier molecular flexibility index (Phi) is 4.62. The largest absolute Gasteiger partial charge is 0.478 e. The highest BCUT2D eigenvalue weighted by molar-refractivity contribution is 9.12. The Labute approximate surface area is 171 Å². The summed E-state index contributed by atoms with van der Waals surface area (Å²) in [6.07, 6.45) is 0.834. The zero-order valence-corrected chi connectivity index (χ0v) is 17.1. The van der Waals surface area contributed by atoms with Gasteiger partial charge in [0.15, 0.2) is 0 Å². The maximum absolute atomic E-state index is 12.8. The van der Waals surface area contributed by atoms with Crippen molar-refractivity contribution in [3.05, 3.63) is 29.8 Å². The lowest BCUT2D eigenvalue weighted by atomic mass is 9.81.